The van der Waals surface area contributed by atoms with Gasteiger partial charge in [-0.3, -0.25) is 44.6 Å². The Kier molecular flexibility index (Phi) is 45.3. The van der Waals surface area contributed by atoms with E-state index in [1.54, 1.807) is 153 Å². The van der Waals surface area contributed by atoms with Gasteiger partial charge in [-0.2, -0.15) is 21.6 Å². The standard InChI is InChI=1S/C22H25N5O2.C18H17BrN4O.C18H18N4O.C14H15F3N2O4S.C13H14N2O2.C12H14O4.C5H6N2.C3H8N2/c1-16(27-9-11-29-12-10-27)22-25-20(17-5-3-7-19(13-17)28-2)14-21(26-22)24-18-6-4-8-23-15-18;1-12(19)18-22-16(13-5-3-7-15(9-13)24-2)10-17(23-18)21-14-6-4-8-20-11-14;1-3-17-21-16(13-6-4-8-15(10-13)23-2)11-18(22-17)20-14-7-5-9-19-12-14;1-3-12-18-11(9-5-4-6-10(7-9)22-2)8-13(19-12)23-24(20,21)14(15,16)17;1-3-12-14-11(8-13(16)15-12)9-5-4-6-10(7-9)17-2;1-3-16-12(14)8-11(13)9-5-4-6-10(7-9)15-2;6-5-2-1-3-7-4-5;1-2-3(4)5/h3-8,13-16H,9-12H2,1-2H3,(H,24,25,26);3-12H,1-2H3,(H,21,22,23);4-12H,3H2,1-2H3,(H,20,21,22);4-8,13H,3H2,1-2H3,(H,18,19);4-8H,3H2,1-2H3,(H,14,15,16);4-7H,3,8H2,1-2H3;1-4H,6H2;2H2,1H3,(H3,4,5). The molecule has 145 heavy (non-hydrogen) atoms. The number of morpholine rings is 1. The number of aromatic amines is 1. The van der Waals surface area contributed by atoms with Crippen LogP contribution in [0.2, 0.25) is 0 Å². The van der Waals surface area contributed by atoms with Crippen molar-refractivity contribution < 1.29 is 73.3 Å². The zero-order valence-electron chi connectivity index (χ0n) is 82.4. The lowest BCUT2D eigenvalue weighted by atomic mass is 10.1. The molecule has 8 aromatic heterocycles. The second kappa shape index (κ2) is 58.4. The van der Waals surface area contributed by atoms with Crippen LogP contribution in [0.5, 0.6) is 34.5 Å². The summed E-state index contributed by atoms with van der Waals surface area (Å²) in [6.45, 7) is 16.9. The SMILES string of the molecule is CCC(=N)N.CCC1=NC(OS(=O)(=O)C(F)(F)F)C=C(c2cccc(OC)c2)N1.CCOC(=O)CC(=O)c1cccc(OC)c1.CCc1nc(-c2cccc(OC)c2)cc(=O)[nH]1.CCc1nc(Nc2cccnc2)cc(-c2cccc(OC)c2)n1.COc1cccc(-c2cc(Nc3cccnc3)nc(C(C)Br)n2)c1.COc1cccc(-c2cc(Nc3cccnc3)nc(C(C)N3CCOCC3)n2)c1.Nc1cccnc1. The van der Waals surface area contributed by atoms with Gasteiger partial charge in [0.25, 0.3) is 5.56 Å². The number of aromatic nitrogens is 12. The Balaban J connectivity index is 0.000000191. The Morgan fingerprint density at radius 2 is 0.938 bits per heavy atom. The number of hydrogen-bond donors (Lipinski definition) is 8. The van der Waals surface area contributed by atoms with E-state index in [0.717, 1.165) is 147 Å². The molecule has 0 saturated carbocycles. The van der Waals surface area contributed by atoms with Crippen molar-refractivity contribution in [2.75, 3.05) is 97.3 Å². The van der Waals surface area contributed by atoms with E-state index < -0.39 is 27.8 Å². The quantitative estimate of drug-likeness (QED) is 0.00303. The summed E-state index contributed by atoms with van der Waals surface area (Å²) in [6.07, 6.45) is 15.6. The van der Waals surface area contributed by atoms with Crippen molar-refractivity contribution >= 4 is 95.4 Å². The molecule has 0 amide bonds. The van der Waals surface area contributed by atoms with Crippen molar-refractivity contribution in [3.63, 3.8) is 0 Å². The van der Waals surface area contributed by atoms with Crippen LogP contribution in [-0.2, 0) is 41.4 Å². The third-order valence-corrected chi connectivity index (χ3v) is 21.9. The number of aliphatic imine (C=N–C) groups is 1. The maximum atomic E-state index is 12.5. The number of rotatable bonds is 30. The molecule has 6 aromatic carbocycles. The molecule has 14 aromatic rings. The molecular weight excluding hydrogens is 1950 g/mol. The summed E-state index contributed by atoms with van der Waals surface area (Å²) < 4.78 is 105. The van der Waals surface area contributed by atoms with Gasteiger partial charge in [0.05, 0.1) is 143 Å². The summed E-state index contributed by atoms with van der Waals surface area (Å²) >= 11 is 3.55. The molecule has 2 aliphatic heterocycles. The highest BCUT2D eigenvalue weighted by atomic mass is 79.9. The molecule has 1 fully saturated rings. The molecule has 0 bridgehead atoms. The third kappa shape index (κ3) is 37.4. The molecule has 10 N–H and O–H groups in total. The van der Waals surface area contributed by atoms with Gasteiger partial charge in [-0.15, -0.1) is 0 Å². The van der Waals surface area contributed by atoms with E-state index in [-0.39, 0.29) is 41.1 Å². The maximum absolute atomic E-state index is 12.5. The highest BCUT2D eigenvalue weighted by Gasteiger charge is 2.49. The summed E-state index contributed by atoms with van der Waals surface area (Å²) in [5, 5.41) is 19.3. The smallest absolute Gasteiger partial charge is 0.497 e. The number of hydrogen-bond acceptors (Lipinski definition) is 33. The number of nitrogens with zero attached hydrogens (tertiary/aromatic N) is 13. The van der Waals surface area contributed by atoms with Crippen LogP contribution in [0.25, 0.3) is 50.7 Å². The van der Waals surface area contributed by atoms with Crippen LogP contribution in [0.1, 0.15) is 118 Å². The number of halogens is 4. The van der Waals surface area contributed by atoms with Gasteiger partial charge in [-0.05, 0) is 148 Å². The molecule has 0 aliphatic carbocycles. The number of anilines is 7. The van der Waals surface area contributed by atoms with Crippen molar-refractivity contribution in [2.45, 2.75) is 103 Å². The number of alkyl halides is 4. The number of pyridine rings is 4. The van der Waals surface area contributed by atoms with Gasteiger partial charge in [-0.25, -0.2) is 44.1 Å². The number of nitrogens with two attached hydrogens (primary N) is 2. The zero-order valence-corrected chi connectivity index (χ0v) is 84.8. The van der Waals surface area contributed by atoms with Crippen LogP contribution in [-0.4, -0.2) is 184 Å². The molecule has 0 radical (unpaired) electrons. The first kappa shape index (κ1) is 113. The Hall–Kier alpha value is -16.0. The largest absolute Gasteiger partial charge is 0.523 e. The highest BCUT2D eigenvalue weighted by Crippen LogP contribution is 2.35. The van der Waals surface area contributed by atoms with E-state index in [2.05, 4.69) is 108 Å². The fourth-order valence-corrected chi connectivity index (χ4v) is 13.6. The molecule has 35 nitrogen and oxygen atoms in total. The van der Waals surface area contributed by atoms with E-state index in [1.165, 1.54) is 20.3 Å². The number of ketones is 1. The van der Waals surface area contributed by atoms with Crippen molar-refractivity contribution in [3.05, 3.63) is 319 Å². The maximum Gasteiger partial charge on any atom is 0.523 e. The van der Waals surface area contributed by atoms with Crippen molar-refractivity contribution in [2.24, 2.45) is 10.7 Å². The Morgan fingerprint density at radius 3 is 1.33 bits per heavy atom. The summed E-state index contributed by atoms with van der Waals surface area (Å²) in [5.74, 6) is 9.24. The van der Waals surface area contributed by atoms with E-state index >= 15 is 0 Å². The Labute approximate surface area is 848 Å². The summed E-state index contributed by atoms with van der Waals surface area (Å²) in [4.78, 5) is 91.7. The molecule has 10 heterocycles. The fourth-order valence-electron chi connectivity index (χ4n) is 13.0. The number of ether oxygens (including phenoxy) is 8. The first-order valence-corrected chi connectivity index (χ1v) is 48.0. The minimum absolute atomic E-state index is 0.0394. The number of aryl methyl sites for hydroxylation is 2. The van der Waals surface area contributed by atoms with E-state index in [1.807, 2.05) is 179 Å². The summed E-state index contributed by atoms with van der Waals surface area (Å²) in [7, 11) is 3.84. The first-order valence-electron chi connectivity index (χ1n) is 45.7. The van der Waals surface area contributed by atoms with Crippen LogP contribution in [0, 0.1) is 5.41 Å². The molecule has 16 rings (SSSR count). The lowest BCUT2D eigenvalue weighted by molar-refractivity contribution is -0.142. The van der Waals surface area contributed by atoms with E-state index in [0.29, 0.717) is 76.5 Å². The van der Waals surface area contributed by atoms with Crippen LogP contribution < -0.4 is 66.7 Å². The average molecular weight is 2070 g/mol. The van der Waals surface area contributed by atoms with Crippen LogP contribution >= 0.6 is 15.9 Å². The topological polar surface area (TPSA) is 466 Å². The van der Waals surface area contributed by atoms with Gasteiger partial charge < -0.3 is 75.6 Å². The number of methoxy groups -OCH3 is 6. The van der Waals surface area contributed by atoms with Crippen molar-refractivity contribution in [3.8, 4) is 79.5 Å². The van der Waals surface area contributed by atoms with Crippen LogP contribution in [0.3, 0.4) is 0 Å². The van der Waals surface area contributed by atoms with Gasteiger partial charge in [0.1, 0.15) is 87.5 Å². The van der Waals surface area contributed by atoms with Gasteiger partial charge in [0.2, 0.25) is 0 Å². The normalized spacial score (nSPS) is 12.7. The summed E-state index contributed by atoms with van der Waals surface area (Å²) in [5.41, 5.74) is 16.4. The van der Waals surface area contributed by atoms with E-state index in [9.17, 15) is 36.0 Å². The molecule has 1 saturated heterocycles. The number of H-pyrrole nitrogens is 1. The molecule has 3 unspecified atom stereocenters. The average Bonchev–Trinajstić information content (AvgIpc) is 0.805. The zero-order chi connectivity index (χ0) is 105. The van der Waals surface area contributed by atoms with Crippen LogP contribution in [0.15, 0.2) is 284 Å². The Bertz CT molecular complexity index is 6710. The highest BCUT2D eigenvalue weighted by molar-refractivity contribution is 9.09. The number of carbonyl (C=O) groups excluding carboxylic acids is 2. The second-order valence-corrected chi connectivity index (χ2v) is 33.8. The predicted molar refractivity (Wildman–Crippen MR) is 559 cm³/mol. The lowest BCUT2D eigenvalue weighted by Gasteiger charge is -2.31. The third-order valence-electron chi connectivity index (χ3n) is 20.5. The molecular formula is C105H117BrF3N21O14S. The van der Waals surface area contributed by atoms with Gasteiger partial charge >= 0.3 is 21.6 Å². The molecule has 2 aliphatic rings. The number of Topliss-reactive ketones (excluding diaryl/α,β-unsaturated/α-hetero) is 1. The lowest BCUT2D eigenvalue weighted by Crippen LogP contribution is -2.38. The molecule has 760 valence electrons. The number of benzene rings is 6. The fraction of sp³-hybridized carbons (Fsp3) is 0.257. The number of nitrogen functional groups attached to an aromatic ring is 1. The molecule has 40 heteroatoms. The van der Waals surface area contributed by atoms with Gasteiger partial charge in [0.15, 0.2) is 12.0 Å². The first-order chi connectivity index (χ1) is 69.9. The number of carbonyl (C=O) groups is 2. The van der Waals surface area contributed by atoms with Crippen LogP contribution in [0.4, 0.5) is 53.4 Å². The number of esters is 1. The second-order valence-electron chi connectivity index (χ2n) is 30.9. The minimum atomic E-state index is -5.75. The molecule has 3 atom stereocenters. The van der Waals surface area contributed by atoms with Crippen molar-refractivity contribution in [1.82, 2.24) is 70.0 Å². The van der Waals surface area contributed by atoms with E-state index in [4.69, 9.17) is 64.7 Å². The predicted octanol–water partition coefficient (Wildman–Crippen LogP) is 19.8. The van der Waals surface area contributed by atoms with Gasteiger partial charge in [-0.1, -0.05) is 116 Å². The summed E-state index contributed by atoms with van der Waals surface area (Å²) in [6, 6.07) is 67.0. The molecule has 0 spiro atoms. The van der Waals surface area contributed by atoms with Crippen molar-refractivity contribution in [1.29, 1.82) is 5.41 Å². The minimum Gasteiger partial charge on any atom is -0.497 e. The Morgan fingerprint density at radius 1 is 0.524 bits per heavy atom. The number of amidine groups is 2. The number of nitrogens with one attached hydrogen (secondary N) is 6. The monoisotopic (exact) mass is 2060 g/mol. The van der Waals surface area contributed by atoms with Gasteiger partial charge in [0, 0.05) is 133 Å².